The molecule has 0 fully saturated rings. The number of benzene rings is 1. The molecule has 2 rings (SSSR count). The summed E-state index contributed by atoms with van der Waals surface area (Å²) in [5.41, 5.74) is 13.0. The van der Waals surface area contributed by atoms with Crippen molar-refractivity contribution in [2.75, 3.05) is 6.54 Å². The Hall–Kier alpha value is -6.05. The van der Waals surface area contributed by atoms with E-state index >= 15 is 0 Å². The third-order valence-corrected chi connectivity index (χ3v) is 8.94. The number of aromatic amines is 1. The Labute approximate surface area is 329 Å². The first-order chi connectivity index (χ1) is 26.6. The number of carbonyl (C=O) groups is 9. The molecule has 20 heteroatoms. The summed E-state index contributed by atoms with van der Waals surface area (Å²) in [6, 6.07) is -0.382. The number of hydrogen-bond donors (Lipinski definition) is 11. The van der Waals surface area contributed by atoms with E-state index < -0.39 is 120 Å². The van der Waals surface area contributed by atoms with Gasteiger partial charge in [0.15, 0.2) is 0 Å². The van der Waals surface area contributed by atoms with E-state index in [1.54, 1.807) is 33.9 Å². The Balaban J connectivity index is 2.06. The van der Waals surface area contributed by atoms with Gasteiger partial charge in [0.05, 0.1) is 19.0 Å². The smallest absolute Gasteiger partial charge is 0.326 e. The molecule has 1 heterocycles. The van der Waals surface area contributed by atoms with E-state index in [1.165, 1.54) is 13.8 Å². The zero-order valence-corrected chi connectivity index (χ0v) is 32.8. The molecule has 0 saturated carbocycles. The second-order valence-electron chi connectivity index (χ2n) is 14.7. The number of nitrogens with two attached hydrogens (primary N) is 2. The zero-order chi connectivity index (χ0) is 43.1. The molecule has 0 bridgehead atoms. The SMILES string of the molecule is CC(C)C(NC(=O)C(N)Cc1c[nH]c2ccccc12)C(=O)NC(C(=O)NCC(=O)NC(CC(=O)O)C(=O)NC(C(=O)NC(CCC(N)=O)C(=O)O)C(C)C)C(C)C. The van der Waals surface area contributed by atoms with E-state index in [1.807, 2.05) is 24.3 Å². The molecule has 20 nitrogen and oxygen atoms in total. The van der Waals surface area contributed by atoms with Crippen molar-refractivity contribution in [2.24, 2.45) is 29.2 Å². The highest BCUT2D eigenvalue weighted by atomic mass is 16.4. The first-order valence-corrected chi connectivity index (χ1v) is 18.4. The number of fused-ring (bicyclic) bond motifs is 1. The molecular formula is C37H55N9O11. The van der Waals surface area contributed by atoms with Crippen LogP contribution in [-0.4, -0.2) is 111 Å². The highest BCUT2D eigenvalue weighted by Gasteiger charge is 2.34. The molecule has 1 aromatic heterocycles. The minimum Gasteiger partial charge on any atom is -0.481 e. The van der Waals surface area contributed by atoms with E-state index in [2.05, 4.69) is 36.9 Å². The van der Waals surface area contributed by atoms with Crippen LogP contribution < -0.4 is 43.4 Å². The summed E-state index contributed by atoms with van der Waals surface area (Å²) in [5.74, 6) is -10.4. The van der Waals surface area contributed by atoms with Crippen LogP contribution in [0.25, 0.3) is 10.9 Å². The van der Waals surface area contributed by atoms with Crippen LogP contribution in [0.5, 0.6) is 0 Å². The Kier molecular flexibility index (Phi) is 18.1. The lowest BCUT2D eigenvalue weighted by Crippen LogP contribution is -2.59. The van der Waals surface area contributed by atoms with E-state index in [0.29, 0.717) is 0 Å². The van der Waals surface area contributed by atoms with Crippen LogP contribution in [0.1, 0.15) is 66.4 Å². The second kappa shape index (κ2) is 21.9. The summed E-state index contributed by atoms with van der Waals surface area (Å²) < 4.78 is 0. The molecule has 0 radical (unpaired) electrons. The average molecular weight is 802 g/mol. The highest BCUT2D eigenvalue weighted by Crippen LogP contribution is 2.19. The second-order valence-corrected chi connectivity index (χ2v) is 14.7. The highest BCUT2D eigenvalue weighted by molar-refractivity contribution is 5.97. The maximum atomic E-state index is 13.4. The van der Waals surface area contributed by atoms with Crippen LogP contribution in [0.4, 0.5) is 0 Å². The Morgan fingerprint density at radius 2 is 1.21 bits per heavy atom. The Morgan fingerprint density at radius 1 is 0.684 bits per heavy atom. The lowest BCUT2D eigenvalue weighted by atomic mass is 9.98. The molecule has 314 valence electrons. The van der Waals surface area contributed by atoms with Crippen molar-refractivity contribution < 1.29 is 53.4 Å². The number of nitrogens with one attached hydrogen (secondary N) is 7. The monoisotopic (exact) mass is 801 g/mol. The molecule has 0 saturated heterocycles. The normalized spacial score (nSPS) is 14.4. The zero-order valence-electron chi connectivity index (χ0n) is 32.8. The summed E-state index contributed by atoms with van der Waals surface area (Å²) in [4.78, 5) is 116. The average Bonchev–Trinajstić information content (AvgIpc) is 3.53. The van der Waals surface area contributed by atoms with Gasteiger partial charge in [0.2, 0.25) is 41.4 Å². The minimum atomic E-state index is -1.73. The fourth-order valence-electron chi connectivity index (χ4n) is 5.70. The van der Waals surface area contributed by atoms with E-state index in [9.17, 15) is 53.4 Å². The van der Waals surface area contributed by atoms with E-state index in [0.717, 1.165) is 16.5 Å². The number of H-pyrrole nitrogens is 1. The van der Waals surface area contributed by atoms with Gasteiger partial charge in [-0.25, -0.2) is 4.79 Å². The third-order valence-electron chi connectivity index (χ3n) is 8.94. The first kappa shape index (κ1) is 47.1. The van der Waals surface area contributed by atoms with Gasteiger partial charge in [0.25, 0.3) is 0 Å². The van der Waals surface area contributed by atoms with E-state index in [4.69, 9.17) is 11.5 Å². The predicted octanol–water partition coefficient (Wildman–Crippen LogP) is -1.63. The van der Waals surface area contributed by atoms with Crippen molar-refractivity contribution in [3.63, 3.8) is 0 Å². The van der Waals surface area contributed by atoms with Crippen molar-refractivity contribution in [1.29, 1.82) is 0 Å². The molecule has 0 aliphatic rings. The quantitative estimate of drug-likeness (QED) is 0.0604. The molecular weight excluding hydrogens is 746 g/mol. The number of carboxylic acid groups (broad SMARTS) is 2. The Bertz CT molecular complexity index is 1790. The maximum absolute atomic E-state index is 13.4. The van der Waals surface area contributed by atoms with Crippen LogP contribution in [0.3, 0.4) is 0 Å². The summed E-state index contributed by atoms with van der Waals surface area (Å²) in [6.45, 7) is 8.96. The molecule has 0 spiro atoms. The largest absolute Gasteiger partial charge is 0.481 e. The summed E-state index contributed by atoms with van der Waals surface area (Å²) in [7, 11) is 0. The van der Waals surface area contributed by atoms with Gasteiger partial charge in [-0.15, -0.1) is 0 Å². The molecule has 13 N–H and O–H groups in total. The van der Waals surface area contributed by atoms with Crippen molar-refractivity contribution >= 4 is 64.2 Å². The number of para-hydroxylation sites is 1. The fourth-order valence-corrected chi connectivity index (χ4v) is 5.70. The van der Waals surface area contributed by atoms with Crippen LogP contribution in [0, 0.1) is 17.8 Å². The minimum absolute atomic E-state index is 0.191. The lowest BCUT2D eigenvalue weighted by Gasteiger charge is -2.28. The van der Waals surface area contributed by atoms with Crippen molar-refractivity contribution in [3.05, 3.63) is 36.0 Å². The van der Waals surface area contributed by atoms with Gasteiger partial charge in [0.1, 0.15) is 30.2 Å². The molecule has 0 aliphatic carbocycles. The fraction of sp³-hybridized carbons (Fsp3) is 0.541. The van der Waals surface area contributed by atoms with Gasteiger partial charge in [0, 0.05) is 23.5 Å². The van der Waals surface area contributed by atoms with Gasteiger partial charge < -0.3 is 58.6 Å². The van der Waals surface area contributed by atoms with Crippen molar-refractivity contribution in [2.45, 2.75) is 103 Å². The first-order valence-electron chi connectivity index (χ1n) is 18.4. The predicted molar refractivity (Wildman–Crippen MR) is 205 cm³/mol. The van der Waals surface area contributed by atoms with E-state index in [-0.39, 0.29) is 19.3 Å². The number of rotatable bonds is 23. The summed E-state index contributed by atoms with van der Waals surface area (Å²) in [5, 5.41) is 34.2. The molecule has 0 aliphatic heterocycles. The van der Waals surface area contributed by atoms with Crippen LogP contribution in [0.2, 0.25) is 0 Å². The van der Waals surface area contributed by atoms with Gasteiger partial charge >= 0.3 is 11.9 Å². The molecule has 6 atom stereocenters. The Morgan fingerprint density at radius 3 is 1.75 bits per heavy atom. The number of carbonyl (C=O) groups excluding carboxylic acids is 7. The number of amides is 7. The molecule has 1 aromatic carbocycles. The van der Waals surface area contributed by atoms with Gasteiger partial charge in [-0.1, -0.05) is 59.7 Å². The van der Waals surface area contributed by atoms with Crippen molar-refractivity contribution in [1.82, 2.24) is 36.9 Å². The van der Waals surface area contributed by atoms with Gasteiger partial charge in [-0.2, -0.15) is 0 Å². The molecule has 6 unspecified atom stereocenters. The molecule has 7 amide bonds. The summed E-state index contributed by atoms with van der Waals surface area (Å²) in [6.07, 6.45) is 0.364. The molecule has 2 aromatic rings. The van der Waals surface area contributed by atoms with Crippen molar-refractivity contribution in [3.8, 4) is 0 Å². The van der Waals surface area contributed by atoms with Gasteiger partial charge in [-0.05, 0) is 42.2 Å². The standard InChI is InChI=1S/C37H55N9O11/c1-17(2)29(46-36(55)31(19(5)6)44-32(51)22(38)13-20-15-40-23-10-8-7-9-21(20)23)34(53)41-16-27(48)42-25(14-28(49)50)33(52)45-30(18(3)4)35(54)43-24(37(56)57)11-12-26(39)47/h7-10,15,17-19,22,24-25,29-31,40H,11-14,16,38H2,1-6H3,(H2,39,47)(H,41,53)(H,42,48)(H,43,54)(H,44,51)(H,45,52)(H,46,55)(H,49,50)(H,56,57). The topological polar surface area (TPSA) is 334 Å². The number of carboxylic acids is 2. The van der Waals surface area contributed by atoms with Gasteiger partial charge in [-0.3, -0.25) is 38.4 Å². The third kappa shape index (κ3) is 14.8. The van der Waals surface area contributed by atoms with Crippen LogP contribution in [0.15, 0.2) is 30.5 Å². The number of aliphatic carboxylic acids is 2. The van der Waals surface area contributed by atoms with Crippen LogP contribution >= 0.6 is 0 Å². The lowest BCUT2D eigenvalue weighted by molar-refractivity contribution is -0.143. The summed E-state index contributed by atoms with van der Waals surface area (Å²) >= 11 is 0. The maximum Gasteiger partial charge on any atom is 0.326 e. The number of aromatic nitrogens is 1. The molecule has 57 heavy (non-hydrogen) atoms. The number of hydrogen-bond acceptors (Lipinski definition) is 10. The van der Waals surface area contributed by atoms with Crippen LogP contribution in [-0.2, 0) is 49.6 Å². The number of primary amides is 1.